The second kappa shape index (κ2) is 7.86. The number of amides is 1. The molecule has 0 aliphatic carbocycles. The van der Waals surface area contributed by atoms with Crippen LogP contribution in [0.2, 0.25) is 0 Å². The lowest BCUT2D eigenvalue weighted by molar-refractivity contribution is -0.119. The molecule has 3 rings (SSSR count). The predicted molar refractivity (Wildman–Crippen MR) is 98.9 cm³/mol. The Morgan fingerprint density at radius 3 is 2.65 bits per heavy atom. The van der Waals surface area contributed by atoms with Gasteiger partial charge in [0, 0.05) is 4.90 Å². The molecule has 0 radical (unpaired) electrons. The lowest BCUT2D eigenvalue weighted by Gasteiger charge is -2.20. The number of thioether (sulfide) groups is 1. The Bertz CT molecular complexity index is 893. The minimum atomic E-state index is -0.919. The van der Waals surface area contributed by atoms with E-state index in [-0.39, 0.29) is 23.6 Å². The van der Waals surface area contributed by atoms with Gasteiger partial charge in [-0.15, -0.1) is 11.8 Å². The van der Waals surface area contributed by atoms with Crippen molar-refractivity contribution in [3.8, 4) is 0 Å². The molecule has 136 valence electrons. The number of hydrogen-bond donors (Lipinski definition) is 2. The van der Waals surface area contributed by atoms with Crippen LogP contribution < -0.4 is 5.32 Å². The maximum Gasteiger partial charge on any atom is 0.230 e. The van der Waals surface area contributed by atoms with E-state index < -0.39 is 11.6 Å². The van der Waals surface area contributed by atoms with E-state index in [0.717, 1.165) is 34.9 Å². The summed E-state index contributed by atoms with van der Waals surface area (Å²) in [6, 6.07) is 11.0. The molecule has 0 spiro atoms. The monoisotopic (exact) mass is 375 g/mol. The van der Waals surface area contributed by atoms with Crippen LogP contribution in [0.5, 0.6) is 0 Å². The number of aromatic amines is 1. The molecule has 1 unspecified atom stereocenters. The van der Waals surface area contributed by atoms with E-state index in [1.807, 2.05) is 38.1 Å². The van der Waals surface area contributed by atoms with Gasteiger partial charge in [0.25, 0.3) is 0 Å². The molecule has 1 aromatic heterocycles. The summed E-state index contributed by atoms with van der Waals surface area (Å²) in [4.78, 5) is 20.6. The first kappa shape index (κ1) is 18.4. The minimum Gasteiger partial charge on any atom is -0.345 e. The van der Waals surface area contributed by atoms with Gasteiger partial charge in [0.15, 0.2) is 11.6 Å². The molecular weight excluding hydrogens is 356 g/mol. The maximum absolute atomic E-state index is 13.2. The van der Waals surface area contributed by atoms with Crippen molar-refractivity contribution in [3.63, 3.8) is 0 Å². The van der Waals surface area contributed by atoms with Crippen LogP contribution in [0, 0.1) is 17.6 Å². The highest BCUT2D eigenvalue weighted by molar-refractivity contribution is 8.00. The maximum atomic E-state index is 13.2. The van der Waals surface area contributed by atoms with Crippen LogP contribution in [0.1, 0.15) is 25.7 Å². The largest absolute Gasteiger partial charge is 0.345 e. The summed E-state index contributed by atoms with van der Waals surface area (Å²) in [5.41, 5.74) is 1.76. The van der Waals surface area contributed by atoms with Crippen LogP contribution >= 0.6 is 11.8 Å². The third kappa shape index (κ3) is 4.22. The first-order valence-electron chi connectivity index (χ1n) is 8.26. The molecule has 1 amide bonds. The molecule has 4 nitrogen and oxygen atoms in total. The fourth-order valence-corrected chi connectivity index (χ4v) is 3.33. The van der Waals surface area contributed by atoms with Gasteiger partial charge in [-0.25, -0.2) is 13.8 Å². The fourth-order valence-electron chi connectivity index (χ4n) is 2.60. The molecule has 1 heterocycles. The number of halogens is 2. The van der Waals surface area contributed by atoms with Gasteiger partial charge in [-0.1, -0.05) is 26.0 Å². The predicted octanol–water partition coefficient (Wildman–Crippen LogP) is 4.45. The molecule has 3 aromatic rings. The number of H-pyrrole nitrogens is 1. The highest BCUT2D eigenvalue weighted by Crippen LogP contribution is 2.24. The average molecular weight is 375 g/mol. The zero-order chi connectivity index (χ0) is 18.7. The first-order valence-corrected chi connectivity index (χ1v) is 9.24. The molecular formula is C19H19F2N3OS. The van der Waals surface area contributed by atoms with Crippen LogP contribution in [0.15, 0.2) is 47.4 Å². The Labute approximate surface area is 154 Å². The Morgan fingerprint density at radius 1 is 1.19 bits per heavy atom. The van der Waals surface area contributed by atoms with Crippen LogP contribution in [-0.2, 0) is 4.79 Å². The first-order chi connectivity index (χ1) is 12.4. The van der Waals surface area contributed by atoms with Gasteiger partial charge in [-0.05, 0) is 36.2 Å². The summed E-state index contributed by atoms with van der Waals surface area (Å²) in [6.45, 7) is 4.00. The SMILES string of the molecule is CC(C)C(NC(=O)CSc1ccc(F)c(F)c1)c1nc2ccccc2[nH]1. The highest BCUT2D eigenvalue weighted by Gasteiger charge is 2.21. The van der Waals surface area contributed by atoms with Gasteiger partial charge in [-0.3, -0.25) is 4.79 Å². The number of rotatable bonds is 6. The van der Waals surface area contributed by atoms with E-state index in [4.69, 9.17) is 0 Å². The number of benzene rings is 2. The van der Waals surface area contributed by atoms with E-state index >= 15 is 0 Å². The van der Waals surface area contributed by atoms with Gasteiger partial charge >= 0.3 is 0 Å². The van der Waals surface area contributed by atoms with E-state index in [2.05, 4.69) is 15.3 Å². The number of carbonyl (C=O) groups is 1. The smallest absolute Gasteiger partial charge is 0.230 e. The third-order valence-corrected chi connectivity index (χ3v) is 4.94. The van der Waals surface area contributed by atoms with E-state index in [9.17, 15) is 13.6 Å². The molecule has 2 N–H and O–H groups in total. The quantitative estimate of drug-likeness (QED) is 0.626. The van der Waals surface area contributed by atoms with E-state index in [1.54, 1.807) is 0 Å². The molecule has 2 aromatic carbocycles. The number of fused-ring (bicyclic) bond motifs is 1. The van der Waals surface area contributed by atoms with Crippen molar-refractivity contribution in [2.75, 3.05) is 5.75 Å². The molecule has 0 fully saturated rings. The summed E-state index contributed by atoms with van der Waals surface area (Å²) < 4.78 is 26.2. The lowest BCUT2D eigenvalue weighted by Crippen LogP contribution is -2.33. The fraction of sp³-hybridized carbons (Fsp3) is 0.263. The molecule has 0 bridgehead atoms. The molecule has 0 aliphatic heterocycles. The number of imidazole rings is 1. The normalized spacial score (nSPS) is 12.5. The minimum absolute atomic E-state index is 0.106. The molecule has 7 heteroatoms. The number of hydrogen-bond acceptors (Lipinski definition) is 3. The van der Waals surface area contributed by atoms with Crippen molar-refractivity contribution >= 4 is 28.7 Å². The molecule has 0 aliphatic rings. The van der Waals surface area contributed by atoms with Gasteiger partial charge in [0.1, 0.15) is 5.82 Å². The van der Waals surface area contributed by atoms with Crippen molar-refractivity contribution in [1.82, 2.24) is 15.3 Å². The van der Waals surface area contributed by atoms with Crippen LogP contribution in [0.3, 0.4) is 0 Å². The Morgan fingerprint density at radius 2 is 1.96 bits per heavy atom. The standard InChI is InChI=1S/C19H19F2N3OS/c1-11(2)18(19-22-15-5-3-4-6-16(15)23-19)24-17(25)10-26-12-7-8-13(20)14(21)9-12/h3-9,11,18H,10H2,1-2H3,(H,22,23)(H,24,25). The lowest BCUT2D eigenvalue weighted by atomic mass is 10.0. The van der Waals surface area contributed by atoms with Crippen molar-refractivity contribution in [2.24, 2.45) is 5.92 Å². The molecule has 26 heavy (non-hydrogen) atoms. The van der Waals surface area contributed by atoms with Crippen LogP contribution in [0.4, 0.5) is 8.78 Å². The summed E-state index contributed by atoms with van der Waals surface area (Å²) in [6.07, 6.45) is 0. The number of nitrogens with one attached hydrogen (secondary N) is 2. The van der Waals surface area contributed by atoms with Crippen LogP contribution in [-0.4, -0.2) is 21.6 Å². The van der Waals surface area contributed by atoms with Crippen molar-refractivity contribution < 1.29 is 13.6 Å². The highest BCUT2D eigenvalue weighted by atomic mass is 32.2. The topological polar surface area (TPSA) is 57.8 Å². The van der Waals surface area contributed by atoms with Gasteiger partial charge in [0.2, 0.25) is 5.91 Å². The summed E-state index contributed by atoms with van der Waals surface area (Å²) in [7, 11) is 0. The van der Waals surface area contributed by atoms with Gasteiger partial charge in [0.05, 0.1) is 22.8 Å². The zero-order valence-corrected chi connectivity index (χ0v) is 15.2. The Hall–Kier alpha value is -2.41. The molecule has 0 saturated heterocycles. The van der Waals surface area contributed by atoms with Crippen molar-refractivity contribution in [3.05, 3.63) is 59.9 Å². The second-order valence-electron chi connectivity index (χ2n) is 6.29. The van der Waals surface area contributed by atoms with Crippen LogP contribution in [0.25, 0.3) is 11.0 Å². The van der Waals surface area contributed by atoms with Gasteiger partial charge < -0.3 is 10.3 Å². The Balaban J connectivity index is 1.67. The third-order valence-electron chi connectivity index (χ3n) is 3.95. The number of para-hydroxylation sites is 2. The summed E-state index contributed by atoms with van der Waals surface area (Å²) in [5, 5.41) is 2.97. The second-order valence-corrected chi connectivity index (χ2v) is 7.34. The van der Waals surface area contributed by atoms with E-state index in [0.29, 0.717) is 10.7 Å². The van der Waals surface area contributed by atoms with E-state index in [1.165, 1.54) is 6.07 Å². The number of nitrogens with zero attached hydrogens (tertiary/aromatic N) is 1. The Kier molecular flexibility index (Phi) is 5.56. The number of aromatic nitrogens is 2. The summed E-state index contributed by atoms with van der Waals surface area (Å²) >= 11 is 1.16. The summed E-state index contributed by atoms with van der Waals surface area (Å²) in [5.74, 6) is -1.07. The van der Waals surface area contributed by atoms with Crippen molar-refractivity contribution in [2.45, 2.75) is 24.8 Å². The van der Waals surface area contributed by atoms with Gasteiger partial charge in [-0.2, -0.15) is 0 Å². The molecule has 1 atom stereocenters. The number of carbonyl (C=O) groups excluding carboxylic acids is 1. The molecule has 0 saturated carbocycles. The van der Waals surface area contributed by atoms with Crippen molar-refractivity contribution in [1.29, 1.82) is 0 Å². The zero-order valence-electron chi connectivity index (χ0n) is 14.4. The average Bonchev–Trinajstić information content (AvgIpc) is 3.04.